The van der Waals surface area contributed by atoms with E-state index in [-0.39, 0.29) is 18.0 Å². The molecule has 0 aliphatic rings. The number of nitrogens with zero attached hydrogens (tertiary/aromatic N) is 4. The molecule has 3 aromatic rings. The number of likely N-dealkylation sites (N-methyl/N-ethyl adjacent to an activating group) is 1. The van der Waals surface area contributed by atoms with Crippen LogP contribution in [0.3, 0.4) is 0 Å². The number of carbonyl (C=O) groups excluding carboxylic acids is 1. The molecule has 1 N–H and O–H groups in total. The zero-order chi connectivity index (χ0) is 16.6. The van der Waals surface area contributed by atoms with Crippen LogP contribution in [-0.2, 0) is 11.3 Å². The zero-order valence-corrected chi connectivity index (χ0v) is 13.2. The van der Waals surface area contributed by atoms with Crippen molar-refractivity contribution in [3.63, 3.8) is 0 Å². The average Bonchev–Trinajstić information content (AvgIpc) is 2.94. The largest absolute Gasteiger partial charge is 0.358 e. The van der Waals surface area contributed by atoms with E-state index in [9.17, 15) is 9.59 Å². The van der Waals surface area contributed by atoms with Gasteiger partial charge in [0.05, 0.1) is 11.9 Å². The van der Waals surface area contributed by atoms with Crippen molar-refractivity contribution in [2.24, 2.45) is 0 Å². The van der Waals surface area contributed by atoms with Crippen molar-refractivity contribution in [1.82, 2.24) is 24.6 Å². The average molecular weight is 311 g/mol. The van der Waals surface area contributed by atoms with Crippen LogP contribution in [0.1, 0.15) is 11.1 Å². The number of fused-ring (bicyclic) bond motifs is 1. The van der Waals surface area contributed by atoms with Gasteiger partial charge >= 0.3 is 0 Å². The molecule has 0 saturated carbocycles. The van der Waals surface area contributed by atoms with Gasteiger partial charge in [-0.05, 0) is 25.5 Å². The van der Waals surface area contributed by atoms with Crippen LogP contribution in [0.25, 0.3) is 16.7 Å². The van der Waals surface area contributed by atoms with Crippen LogP contribution < -0.4 is 10.9 Å². The fourth-order valence-corrected chi connectivity index (χ4v) is 2.51. The number of carbonyl (C=O) groups is 1. The van der Waals surface area contributed by atoms with Crippen molar-refractivity contribution in [2.75, 3.05) is 7.05 Å². The van der Waals surface area contributed by atoms with E-state index in [1.54, 1.807) is 4.68 Å². The number of benzene rings is 1. The fourth-order valence-electron chi connectivity index (χ4n) is 2.51. The smallest absolute Gasteiger partial charge is 0.264 e. The Morgan fingerprint density at radius 2 is 2.09 bits per heavy atom. The van der Waals surface area contributed by atoms with Crippen molar-refractivity contribution < 1.29 is 4.79 Å². The van der Waals surface area contributed by atoms with Crippen LogP contribution in [0.15, 0.2) is 35.5 Å². The molecule has 1 aromatic carbocycles. The van der Waals surface area contributed by atoms with Crippen LogP contribution in [0.5, 0.6) is 0 Å². The fraction of sp³-hybridized carbons (Fsp3) is 0.250. The van der Waals surface area contributed by atoms with Crippen LogP contribution in [0.4, 0.5) is 0 Å². The first-order valence-electron chi connectivity index (χ1n) is 7.22. The summed E-state index contributed by atoms with van der Waals surface area (Å²) in [5.41, 5.74) is 3.28. The summed E-state index contributed by atoms with van der Waals surface area (Å²) in [6.45, 7) is 3.95. The Morgan fingerprint density at radius 3 is 2.78 bits per heavy atom. The number of nitrogens with one attached hydrogen (secondary N) is 1. The number of hydrogen-bond acceptors (Lipinski definition) is 4. The minimum Gasteiger partial charge on any atom is -0.358 e. The maximum atomic E-state index is 12.5. The molecule has 118 valence electrons. The molecule has 0 aliphatic carbocycles. The molecule has 7 nitrogen and oxygen atoms in total. The first-order valence-corrected chi connectivity index (χ1v) is 7.22. The maximum Gasteiger partial charge on any atom is 0.264 e. The summed E-state index contributed by atoms with van der Waals surface area (Å²) in [6, 6.07) is 5.99. The number of hydrogen-bond donors (Lipinski definition) is 1. The Hall–Kier alpha value is -2.96. The number of aryl methyl sites for hydroxylation is 2. The Balaban J connectivity index is 2.14. The molecule has 0 bridgehead atoms. The summed E-state index contributed by atoms with van der Waals surface area (Å²) in [4.78, 5) is 28.2. The molecular formula is C16H17N5O2. The minimum atomic E-state index is -0.283. The zero-order valence-electron chi connectivity index (χ0n) is 13.2. The monoisotopic (exact) mass is 311 g/mol. The summed E-state index contributed by atoms with van der Waals surface area (Å²) in [5.74, 6) is -0.255. The Kier molecular flexibility index (Phi) is 3.69. The van der Waals surface area contributed by atoms with Gasteiger partial charge in [0.15, 0.2) is 5.65 Å². The molecule has 0 atom stereocenters. The minimum absolute atomic E-state index is 0.0625. The summed E-state index contributed by atoms with van der Waals surface area (Å²) in [6.07, 6.45) is 2.87. The topological polar surface area (TPSA) is 81.8 Å². The van der Waals surface area contributed by atoms with Gasteiger partial charge in [0.1, 0.15) is 18.3 Å². The number of amides is 1. The number of aromatic nitrogens is 4. The van der Waals surface area contributed by atoms with Gasteiger partial charge in [0.25, 0.3) is 5.56 Å². The lowest BCUT2D eigenvalue weighted by molar-refractivity contribution is -0.121. The molecule has 0 saturated heterocycles. The maximum absolute atomic E-state index is 12.5. The highest BCUT2D eigenvalue weighted by molar-refractivity contribution is 5.77. The highest BCUT2D eigenvalue weighted by Crippen LogP contribution is 2.18. The van der Waals surface area contributed by atoms with Gasteiger partial charge in [-0.15, -0.1) is 0 Å². The molecule has 2 aromatic heterocycles. The van der Waals surface area contributed by atoms with E-state index >= 15 is 0 Å². The van der Waals surface area contributed by atoms with Crippen LogP contribution in [-0.4, -0.2) is 32.3 Å². The second kappa shape index (κ2) is 5.68. The molecule has 1 amide bonds. The van der Waals surface area contributed by atoms with Crippen molar-refractivity contribution >= 4 is 16.9 Å². The lowest BCUT2D eigenvalue weighted by Crippen LogP contribution is -2.30. The molecule has 3 rings (SSSR count). The van der Waals surface area contributed by atoms with E-state index < -0.39 is 0 Å². The van der Waals surface area contributed by atoms with E-state index in [1.165, 1.54) is 24.1 Å². The SMILES string of the molecule is CNC(=O)Cn1cnc2c(cnn2-c2ccc(C)cc2C)c1=O. The highest BCUT2D eigenvalue weighted by atomic mass is 16.2. The quantitative estimate of drug-likeness (QED) is 0.780. The van der Waals surface area contributed by atoms with Gasteiger partial charge in [-0.1, -0.05) is 17.7 Å². The number of rotatable bonds is 3. The molecule has 2 heterocycles. The molecule has 0 aliphatic heterocycles. The molecule has 0 unspecified atom stereocenters. The molecule has 0 radical (unpaired) electrons. The molecular weight excluding hydrogens is 294 g/mol. The standard InChI is InChI=1S/C16H17N5O2/c1-10-4-5-13(11(2)6-10)21-15-12(7-19-21)16(23)20(9-18-15)8-14(22)17-3/h4-7,9H,8H2,1-3H3,(H,17,22). The van der Waals surface area contributed by atoms with Crippen molar-refractivity contribution in [2.45, 2.75) is 20.4 Å². The van der Waals surface area contributed by atoms with Crippen LogP contribution in [0, 0.1) is 13.8 Å². The molecule has 23 heavy (non-hydrogen) atoms. The third-order valence-corrected chi connectivity index (χ3v) is 3.73. The molecule has 0 spiro atoms. The lowest BCUT2D eigenvalue weighted by Gasteiger charge is -2.08. The van der Waals surface area contributed by atoms with E-state index in [1.807, 2.05) is 26.0 Å². The Morgan fingerprint density at radius 1 is 1.30 bits per heavy atom. The van der Waals surface area contributed by atoms with Crippen molar-refractivity contribution in [1.29, 1.82) is 0 Å². The van der Waals surface area contributed by atoms with Crippen molar-refractivity contribution in [3.8, 4) is 5.69 Å². The Bertz CT molecular complexity index is 955. The predicted molar refractivity (Wildman–Crippen MR) is 86.7 cm³/mol. The second-order valence-electron chi connectivity index (χ2n) is 5.43. The van der Waals surface area contributed by atoms with E-state index in [0.29, 0.717) is 11.0 Å². The lowest BCUT2D eigenvalue weighted by atomic mass is 10.1. The third kappa shape index (κ3) is 2.61. The summed E-state index contributed by atoms with van der Waals surface area (Å²) in [7, 11) is 1.53. The second-order valence-corrected chi connectivity index (χ2v) is 5.43. The Labute approximate surface area is 132 Å². The normalized spacial score (nSPS) is 10.9. The van der Waals surface area contributed by atoms with Gasteiger partial charge in [-0.25, -0.2) is 9.67 Å². The summed E-state index contributed by atoms with van der Waals surface area (Å²) >= 11 is 0. The molecule has 0 fully saturated rings. The highest BCUT2D eigenvalue weighted by Gasteiger charge is 2.13. The van der Waals surface area contributed by atoms with Crippen LogP contribution in [0.2, 0.25) is 0 Å². The third-order valence-electron chi connectivity index (χ3n) is 3.73. The molecule has 7 heteroatoms. The van der Waals surface area contributed by atoms with Gasteiger partial charge in [0.2, 0.25) is 5.91 Å². The van der Waals surface area contributed by atoms with Gasteiger partial charge in [0, 0.05) is 7.05 Å². The van der Waals surface area contributed by atoms with Crippen LogP contribution >= 0.6 is 0 Å². The van der Waals surface area contributed by atoms with Gasteiger partial charge in [-0.2, -0.15) is 5.10 Å². The predicted octanol–water partition coefficient (Wildman–Crippen LogP) is 0.945. The van der Waals surface area contributed by atoms with Crippen molar-refractivity contribution in [3.05, 3.63) is 52.2 Å². The first kappa shape index (κ1) is 15.0. The summed E-state index contributed by atoms with van der Waals surface area (Å²) in [5, 5.41) is 7.17. The first-order chi connectivity index (χ1) is 11.0. The van der Waals surface area contributed by atoms with E-state index in [4.69, 9.17) is 0 Å². The van der Waals surface area contributed by atoms with Gasteiger partial charge < -0.3 is 5.32 Å². The van der Waals surface area contributed by atoms with Gasteiger partial charge in [-0.3, -0.25) is 14.2 Å². The van der Waals surface area contributed by atoms with E-state index in [0.717, 1.165) is 16.8 Å². The van der Waals surface area contributed by atoms with E-state index in [2.05, 4.69) is 21.5 Å². The summed E-state index contributed by atoms with van der Waals surface area (Å²) < 4.78 is 2.92.